The molecule has 3 aromatic rings. The molecule has 1 aliphatic heterocycles. The zero-order valence-corrected chi connectivity index (χ0v) is 19.8. The van der Waals surface area contributed by atoms with Crippen LogP contribution < -0.4 is 15.0 Å². The predicted molar refractivity (Wildman–Crippen MR) is 126 cm³/mol. The maximum Gasteiger partial charge on any atom is 0.262 e. The molecule has 1 saturated heterocycles. The number of ether oxygens (including phenoxy) is 3. The molecule has 0 aliphatic carbocycles. The highest BCUT2D eigenvalue weighted by Gasteiger charge is 2.19. The van der Waals surface area contributed by atoms with Crippen LogP contribution in [0.4, 0.5) is 0 Å². The number of fused-ring (bicyclic) bond motifs is 1. The standard InChI is InChI=1S/C23H28N2O4S2/c1-4-17-13-18-21(31-17)24-23(30-14-16-6-5-11-29-16)25(22(18)26)10-9-15-7-8-19(27-2)20(12-15)28-3/h7-8,12-13,16H,4-6,9-11,14H2,1-3H3/t16-/m0/s1. The third kappa shape index (κ3) is 4.91. The summed E-state index contributed by atoms with van der Waals surface area (Å²) in [7, 11) is 3.26. The minimum atomic E-state index is 0.0382. The molecule has 1 atom stereocenters. The number of thioether (sulfide) groups is 1. The van der Waals surface area contributed by atoms with Crippen molar-refractivity contribution in [2.24, 2.45) is 0 Å². The Kier molecular flexibility index (Phi) is 7.20. The van der Waals surface area contributed by atoms with Gasteiger partial charge in [0.2, 0.25) is 0 Å². The number of hydrogen-bond acceptors (Lipinski definition) is 7. The average molecular weight is 461 g/mol. The summed E-state index contributed by atoms with van der Waals surface area (Å²) in [4.78, 5) is 20.3. The Morgan fingerprint density at radius 1 is 1.26 bits per heavy atom. The lowest BCUT2D eigenvalue weighted by atomic mass is 10.1. The van der Waals surface area contributed by atoms with E-state index in [1.54, 1.807) is 37.3 Å². The van der Waals surface area contributed by atoms with Gasteiger partial charge in [-0.3, -0.25) is 9.36 Å². The van der Waals surface area contributed by atoms with E-state index in [4.69, 9.17) is 19.2 Å². The number of aryl methyl sites for hydroxylation is 2. The molecular formula is C23H28N2O4S2. The molecule has 0 bridgehead atoms. The van der Waals surface area contributed by atoms with E-state index in [1.807, 2.05) is 28.8 Å². The second-order valence-electron chi connectivity index (χ2n) is 7.52. The zero-order chi connectivity index (χ0) is 21.8. The van der Waals surface area contributed by atoms with Crippen LogP contribution in [0.15, 0.2) is 34.2 Å². The largest absolute Gasteiger partial charge is 0.493 e. The Balaban J connectivity index is 1.62. The smallest absolute Gasteiger partial charge is 0.262 e. The van der Waals surface area contributed by atoms with Crippen LogP contribution in [0.3, 0.4) is 0 Å². The van der Waals surface area contributed by atoms with Gasteiger partial charge in [-0.1, -0.05) is 24.8 Å². The topological polar surface area (TPSA) is 62.6 Å². The summed E-state index contributed by atoms with van der Waals surface area (Å²) >= 11 is 3.24. The van der Waals surface area contributed by atoms with Gasteiger partial charge < -0.3 is 14.2 Å². The molecule has 0 N–H and O–H groups in total. The molecule has 8 heteroatoms. The summed E-state index contributed by atoms with van der Waals surface area (Å²) in [5, 5.41) is 1.49. The highest BCUT2D eigenvalue weighted by atomic mass is 32.2. The molecule has 166 valence electrons. The van der Waals surface area contributed by atoms with Gasteiger partial charge in [0, 0.05) is 23.8 Å². The van der Waals surface area contributed by atoms with Gasteiger partial charge in [-0.05, 0) is 49.4 Å². The van der Waals surface area contributed by atoms with Gasteiger partial charge in [-0.25, -0.2) is 4.98 Å². The van der Waals surface area contributed by atoms with Crippen molar-refractivity contribution in [2.45, 2.75) is 50.4 Å². The van der Waals surface area contributed by atoms with Crippen molar-refractivity contribution in [2.75, 3.05) is 26.6 Å². The highest BCUT2D eigenvalue weighted by Crippen LogP contribution is 2.29. The van der Waals surface area contributed by atoms with Crippen LogP contribution in [0.2, 0.25) is 0 Å². The highest BCUT2D eigenvalue weighted by molar-refractivity contribution is 7.99. The molecule has 0 radical (unpaired) electrons. The van der Waals surface area contributed by atoms with E-state index >= 15 is 0 Å². The Morgan fingerprint density at radius 3 is 2.81 bits per heavy atom. The molecule has 0 amide bonds. The number of methoxy groups -OCH3 is 2. The van der Waals surface area contributed by atoms with Crippen LogP contribution in [-0.2, 0) is 24.1 Å². The summed E-state index contributed by atoms with van der Waals surface area (Å²) in [5.41, 5.74) is 1.12. The Bertz CT molecular complexity index is 1100. The van der Waals surface area contributed by atoms with E-state index in [2.05, 4.69) is 6.92 Å². The second-order valence-corrected chi connectivity index (χ2v) is 9.62. The van der Waals surface area contributed by atoms with Gasteiger partial charge in [-0.15, -0.1) is 11.3 Å². The van der Waals surface area contributed by atoms with Crippen LogP contribution in [-0.4, -0.2) is 42.2 Å². The third-order valence-corrected chi connectivity index (χ3v) is 7.79. The Hall–Kier alpha value is -2.03. The first-order valence-electron chi connectivity index (χ1n) is 10.6. The number of aromatic nitrogens is 2. The summed E-state index contributed by atoms with van der Waals surface area (Å²) in [6.45, 7) is 3.49. The van der Waals surface area contributed by atoms with Crippen molar-refractivity contribution >= 4 is 33.3 Å². The van der Waals surface area contributed by atoms with Gasteiger partial charge in [0.1, 0.15) is 4.83 Å². The lowest BCUT2D eigenvalue weighted by Gasteiger charge is -2.14. The van der Waals surface area contributed by atoms with Crippen LogP contribution >= 0.6 is 23.1 Å². The van der Waals surface area contributed by atoms with Gasteiger partial charge >= 0.3 is 0 Å². The minimum absolute atomic E-state index is 0.0382. The van der Waals surface area contributed by atoms with Crippen LogP contribution in [0.5, 0.6) is 11.5 Å². The van der Waals surface area contributed by atoms with Crippen molar-refractivity contribution in [1.29, 1.82) is 0 Å². The van der Waals surface area contributed by atoms with Crippen LogP contribution in [0.1, 0.15) is 30.2 Å². The molecule has 1 aromatic carbocycles. The van der Waals surface area contributed by atoms with E-state index in [0.717, 1.165) is 52.6 Å². The average Bonchev–Trinajstić information content (AvgIpc) is 3.46. The molecule has 0 spiro atoms. The fourth-order valence-corrected chi connectivity index (χ4v) is 5.85. The van der Waals surface area contributed by atoms with Crippen molar-refractivity contribution in [1.82, 2.24) is 9.55 Å². The van der Waals surface area contributed by atoms with Gasteiger partial charge in [0.25, 0.3) is 5.56 Å². The van der Waals surface area contributed by atoms with Gasteiger partial charge in [0.05, 0.1) is 25.7 Å². The van der Waals surface area contributed by atoms with Crippen molar-refractivity contribution in [3.63, 3.8) is 0 Å². The molecule has 6 nitrogen and oxygen atoms in total. The van der Waals surface area contributed by atoms with E-state index in [9.17, 15) is 4.79 Å². The maximum absolute atomic E-state index is 13.4. The zero-order valence-electron chi connectivity index (χ0n) is 18.2. The lowest BCUT2D eigenvalue weighted by Crippen LogP contribution is -2.24. The fourth-order valence-electron chi connectivity index (χ4n) is 3.75. The number of rotatable bonds is 9. The third-order valence-electron chi connectivity index (χ3n) is 5.51. The number of thiophene rings is 1. The molecule has 2 aromatic heterocycles. The van der Waals surface area contributed by atoms with E-state index in [1.165, 1.54) is 4.88 Å². The van der Waals surface area contributed by atoms with Crippen LogP contribution in [0.25, 0.3) is 10.2 Å². The van der Waals surface area contributed by atoms with E-state index in [-0.39, 0.29) is 11.7 Å². The van der Waals surface area contributed by atoms with E-state index < -0.39 is 0 Å². The van der Waals surface area contributed by atoms with Crippen molar-refractivity contribution < 1.29 is 14.2 Å². The molecule has 1 fully saturated rings. The van der Waals surface area contributed by atoms with Crippen molar-refractivity contribution in [3.8, 4) is 11.5 Å². The molecule has 1 aliphatic rings. The molecule has 0 unspecified atom stereocenters. The maximum atomic E-state index is 13.4. The normalized spacial score (nSPS) is 16.2. The SMILES string of the molecule is CCc1cc2c(=O)n(CCc3ccc(OC)c(OC)c3)c(SC[C@@H]3CCCO3)nc2s1. The lowest BCUT2D eigenvalue weighted by molar-refractivity contribution is 0.129. The Labute approximate surface area is 190 Å². The fraction of sp³-hybridized carbons (Fsp3) is 0.478. The number of benzene rings is 1. The first kappa shape index (κ1) is 22.2. The summed E-state index contributed by atoms with van der Waals surface area (Å²) < 4.78 is 18.3. The Morgan fingerprint density at radius 2 is 2.10 bits per heavy atom. The molecule has 0 saturated carbocycles. The molecule has 3 heterocycles. The minimum Gasteiger partial charge on any atom is -0.493 e. The monoisotopic (exact) mass is 460 g/mol. The second kappa shape index (κ2) is 10.1. The van der Waals surface area contributed by atoms with Gasteiger partial charge in [0.15, 0.2) is 16.7 Å². The number of hydrogen-bond donors (Lipinski definition) is 0. The molecular weight excluding hydrogens is 432 g/mol. The quantitative estimate of drug-likeness (QED) is 0.345. The van der Waals surface area contributed by atoms with E-state index in [0.29, 0.717) is 24.5 Å². The van der Waals surface area contributed by atoms with Crippen molar-refractivity contribution in [3.05, 3.63) is 45.1 Å². The van der Waals surface area contributed by atoms with Gasteiger partial charge in [-0.2, -0.15) is 0 Å². The summed E-state index contributed by atoms with van der Waals surface area (Å²) in [6.07, 6.45) is 4.03. The van der Waals surface area contributed by atoms with Crippen LogP contribution in [0, 0.1) is 0 Å². The molecule has 31 heavy (non-hydrogen) atoms. The number of nitrogens with zero attached hydrogens (tertiary/aromatic N) is 2. The predicted octanol–water partition coefficient (Wildman–Crippen LogP) is 4.55. The first-order valence-corrected chi connectivity index (χ1v) is 12.4. The first-order chi connectivity index (χ1) is 15.1. The molecule has 4 rings (SSSR count). The summed E-state index contributed by atoms with van der Waals surface area (Å²) in [6, 6.07) is 7.88. The summed E-state index contributed by atoms with van der Waals surface area (Å²) in [5.74, 6) is 2.21.